The minimum Gasteiger partial charge on any atom is -0.481 e. The van der Waals surface area contributed by atoms with Crippen LogP contribution in [0.5, 0.6) is 0 Å². The number of benzene rings is 1. The van der Waals surface area contributed by atoms with Crippen molar-refractivity contribution in [3.8, 4) is 0 Å². The maximum atomic E-state index is 12.6. The summed E-state index contributed by atoms with van der Waals surface area (Å²) in [5.41, 5.74) is 0.646. The predicted molar refractivity (Wildman–Crippen MR) is 92.7 cm³/mol. The molecule has 0 aromatic heterocycles. The number of hydrogen-bond acceptors (Lipinski definition) is 3. The van der Waals surface area contributed by atoms with Gasteiger partial charge in [0.1, 0.15) is 6.04 Å². The van der Waals surface area contributed by atoms with Crippen LogP contribution >= 0.6 is 11.6 Å². The largest absolute Gasteiger partial charge is 0.481 e. The zero-order chi connectivity index (χ0) is 18.0. The van der Waals surface area contributed by atoms with Gasteiger partial charge in [-0.05, 0) is 31.4 Å². The quantitative estimate of drug-likeness (QED) is 0.856. The van der Waals surface area contributed by atoms with Crippen molar-refractivity contribution in [1.29, 1.82) is 0 Å². The molecule has 3 rings (SSSR count). The normalized spacial score (nSPS) is 21.5. The van der Waals surface area contributed by atoms with E-state index in [0.717, 1.165) is 0 Å². The summed E-state index contributed by atoms with van der Waals surface area (Å²) in [6, 6.07) is 6.22. The first-order valence-corrected chi connectivity index (χ1v) is 8.69. The molecule has 0 bridgehead atoms. The number of nitrogens with one attached hydrogen (secondary N) is 1. The highest BCUT2D eigenvalue weighted by Crippen LogP contribution is 2.29. The van der Waals surface area contributed by atoms with Crippen LogP contribution in [0.15, 0.2) is 24.3 Å². The third kappa shape index (κ3) is 3.71. The van der Waals surface area contributed by atoms with Gasteiger partial charge in [0.25, 0.3) is 0 Å². The first-order chi connectivity index (χ1) is 12.0. The second-order valence-electron chi connectivity index (χ2n) is 6.33. The van der Waals surface area contributed by atoms with Gasteiger partial charge in [-0.1, -0.05) is 23.7 Å². The number of amides is 3. The summed E-state index contributed by atoms with van der Waals surface area (Å²) >= 11 is 6.15. The topological polar surface area (TPSA) is 89.9 Å². The lowest BCUT2D eigenvalue weighted by atomic mass is 9.97. The number of aliphatic carboxylic acids is 1. The van der Waals surface area contributed by atoms with E-state index >= 15 is 0 Å². The highest BCUT2D eigenvalue weighted by Gasteiger charge is 2.36. The van der Waals surface area contributed by atoms with Crippen LogP contribution in [0.1, 0.15) is 19.3 Å². The van der Waals surface area contributed by atoms with Crippen LogP contribution in [-0.4, -0.2) is 53.6 Å². The average molecular weight is 366 g/mol. The number of urea groups is 1. The average Bonchev–Trinajstić information content (AvgIpc) is 2.96. The van der Waals surface area contributed by atoms with E-state index in [2.05, 4.69) is 5.32 Å². The van der Waals surface area contributed by atoms with Crippen LogP contribution in [0, 0.1) is 5.92 Å². The maximum absolute atomic E-state index is 12.6. The van der Waals surface area contributed by atoms with Gasteiger partial charge in [0.15, 0.2) is 0 Å². The van der Waals surface area contributed by atoms with Crippen LogP contribution in [0.3, 0.4) is 0 Å². The first kappa shape index (κ1) is 17.5. The van der Waals surface area contributed by atoms with Crippen LogP contribution in [0.2, 0.25) is 5.02 Å². The molecule has 134 valence electrons. The van der Waals surface area contributed by atoms with Gasteiger partial charge in [-0.25, -0.2) is 4.79 Å². The van der Waals surface area contributed by atoms with Crippen LogP contribution in [0.4, 0.5) is 10.5 Å². The van der Waals surface area contributed by atoms with Crippen LogP contribution in [0.25, 0.3) is 0 Å². The third-order valence-electron chi connectivity index (χ3n) is 4.78. The summed E-state index contributed by atoms with van der Waals surface area (Å²) in [5, 5.41) is 12.3. The number of para-hydroxylation sites is 1. The number of anilines is 1. The Morgan fingerprint density at radius 1 is 1.12 bits per heavy atom. The highest BCUT2D eigenvalue weighted by molar-refractivity contribution is 6.34. The summed E-state index contributed by atoms with van der Waals surface area (Å²) < 4.78 is 0. The number of nitrogens with zero attached hydrogens (tertiary/aromatic N) is 2. The summed E-state index contributed by atoms with van der Waals surface area (Å²) in [5.74, 6) is -1.39. The molecular weight excluding hydrogens is 346 g/mol. The Morgan fingerprint density at radius 2 is 1.80 bits per heavy atom. The fourth-order valence-electron chi connectivity index (χ4n) is 3.29. The molecule has 2 aliphatic rings. The van der Waals surface area contributed by atoms with Gasteiger partial charge in [0.05, 0.1) is 16.6 Å². The molecule has 2 heterocycles. The lowest BCUT2D eigenvalue weighted by Crippen LogP contribution is -2.50. The fraction of sp³-hybridized carbons (Fsp3) is 0.471. The van der Waals surface area contributed by atoms with E-state index in [9.17, 15) is 14.4 Å². The van der Waals surface area contributed by atoms with Gasteiger partial charge < -0.3 is 20.2 Å². The van der Waals surface area contributed by atoms with E-state index in [0.29, 0.717) is 49.6 Å². The van der Waals surface area contributed by atoms with E-state index in [1.165, 1.54) is 0 Å². The number of carbonyl (C=O) groups excluding carboxylic acids is 2. The zero-order valence-corrected chi connectivity index (χ0v) is 14.4. The predicted octanol–water partition coefficient (Wildman–Crippen LogP) is 1.95. The fourth-order valence-corrected chi connectivity index (χ4v) is 3.53. The SMILES string of the molecule is O=C(O)C1CCN(C(=O)NC2CCN(c3ccccc3Cl)C2=O)CC1. The Morgan fingerprint density at radius 3 is 2.44 bits per heavy atom. The molecule has 2 fully saturated rings. The summed E-state index contributed by atoms with van der Waals surface area (Å²) in [7, 11) is 0. The van der Waals surface area contributed by atoms with Gasteiger partial charge in [-0.3, -0.25) is 9.59 Å². The second kappa shape index (κ2) is 7.31. The highest BCUT2D eigenvalue weighted by atomic mass is 35.5. The Balaban J connectivity index is 1.57. The molecule has 0 spiro atoms. The molecule has 1 aromatic rings. The van der Waals surface area contributed by atoms with Gasteiger partial charge in [0.2, 0.25) is 5.91 Å². The van der Waals surface area contributed by atoms with E-state index in [-0.39, 0.29) is 11.9 Å². The standard InChI is InChI=1S/C17H20ClN3O4/c18-12-3-1-2-4-14(12)21-10-7-13(15(21)22)19-17(25)20-8-5-11(6-9-20)16(23)24/h1-4,11,13H,5-10H2,(H,19,25)(H,23,24). The van der Waals surface area contributed by atoms with Gasteiger partial charge >= 0.3 is 12.0 Å². The van der Waals surface area contributed by atoms with Crippen molar-refractivity contribution >= 4 is 35.2 Å². The molecule has 3 amide bonds. The number of halogens is 1. The molecule has 1 atom stereocenters. The molecule has 1 unspecified atom stereocenters. The molecule has 7 nitrogen and oxygen atoms in total. The summed E-state index contributed by atoms with van der Waals surface area (Å²) in [6.07, 6.45) is 1.39. The van der Waals surface area contributed by atoms with Crippen LogP contribution < -0.4 is 10.2 Å². The van der Waals surface area contributed by atoms with Crippen molar-refractivity contribution in [3.63, 3.8) is 0 Å². The number of carboxylic acids is 1. The number of piperidine rings is 1. The zero-order valence-electron chi connectivity index (χ0n) is 13.7. The third-order valence-corrected chi connectivity index (χ3v) is 5.10. The lowest BCUT2D eigenvalue weighted by molar-refractivity contribution is -0.143. The van der Waals surface area contributed by atoms with Crippen molar-refractivity contribution in [2.45, 2.75) is 25.3 Å². The summed E-state index contributed by atoms with van der Waals surface area (Å²) in [4.78, 5) is 39.1. The smallest absolute Gasteiger partial charge is 0.318 e. The number of likely N-dealkylation sites (tertiary alicyclic amines) is 1. The summed E-state index contributed by atoms with van der Waals surface area (Å²) in [6.45, 7) is 1.27. The van der Waals surface area contributed by atoms with Gasteiger partial charge in [-0.2, -0.15) is 0 Å². The Labute approximate surface area is 150 Å². The Hall–Kier alpha value is -2.28. The van der Waals surface area contributed by atoms with Crippen molar-refractivity contribution in [2.24, 2.45) is 5.92 Å². The Kier molecular flexibility index (Phi) is 5.13. The minimum absolute atomic E-state index is 0.179. The van der Waals surface area contributed by atoms with Gasteiger partial charge in [0, 0.05) is 19.6 Å². The second-order valence-corrected chi connectivity index (χ2v) is 6.74. The number of hydrogen-bond donors (Lipinski definition) is 2. The molecule has 0 aliphatic carbocycles. The van der Waals surface area contributed by atoms with E-state index in [4.69, 9.17) is 16.7 Å². The van der Waals surface area contributed by atoms with Crippen LogP contribution in [-0.2, 0) is 9.59 Å². The van der Waals surface area contributed by atoms with E-state index in [1.807, 2.05) is 6.07 Å². The molecule has 2 aliphatic heterocycles. The minimum atomic E-state index is -0.818. The molecule has 25 heavy (non-hydrogen) atoms. The molecular formula is C17H20ClN3O4. The number of carboxylic acid groups (broad SMARTS) is 1. The Bertz CT molecular complexity index is 688. The van der Waals surface area contributed by atoms with Crippen molar-refractivity contribution < 1.29 is 19.5 Å². The number of rotatable bonds is 3. The first-order valence-electron chi connectivity index (χ1n) is 8.31. The van der Waals surface area contributed by atoms with E-state index in [1.54, 1.807) is 28.0 Å². The molecule has 0 saturated carbocycles. The lowest BCUT2D eigenvalue weighted by Gasteiger charge is -2.31. The molecule has 8 heteroatoms. The van der Waals surface area contributed by atoms with Crippen molar-refractivity contribution in [1.82, 2.24) is 10.2 Å². The van der Waals surface area contributed by atoms with Crippen molar-refractivity contribution in [2.75, 3.05) is 24.5 Å². The van der Waals surface area contributed by atoms with Crippen molar-refractivity contribution in [3.05, 3.63) is 29.3 Å². The molecule has 2 N–H and O–H groups in total. The monoisotopic (exact) mass is 365 g/mol. The van der Waals surface area contributed by atoms with E-state index < -0.39 is 17.9 Å². The molecule has 1 aromatic carbocycles. The van der Waals surface area contributed by atoms with Gasteiger partial charge in [-0.15, -0.1) is 0 Å². The maximum Gasteiger partial charge on any atom is 0.318 e. The molecule has 2 saturated heterocycles. The number of carbonyl (C=O) groups is 3. The molecule has 0 radical (unpaired) electrons.